The maximum Gasteiger partial charge on any atom is 0.357 e. The van der Waals surface area contributed by atoms with E-state index in [1.807, 2.05) is 0 Å². The molecule has 0 saturated heterocycles. The summed E-state index contributed by atoms with van der Waals surface area (Å²) < 4.78 is 43.7. The van der Waals surface area contributed by atoms with E-state index in [2.05, 4.69) is 4.18 Å². The molecule has 0 bridgehead atoms. The van der Waals surface area contributed by atoms with E-state index in [-0.39, 0.29) is 13.2 Å². The minimum Gasteiger partial charge on any atom is -0.307 e. The van der Waals surface area contributed by atoms with Crippen LogP contribution in [0, 0.1) is 0 Å². The Kier molecular flexibility index (Phi) is 6.75. The Morgan fingerprint density at radius 1 is 1.31 bits per heavy atom. The predicted octanol–water partition coefficient (Wildman–Crippen LogP) is 1.36. The number of hydrogen-bond donors (Lipinski definition) is 1. The van der Waals surface area contributed by atoms with Crippen LogP contribution in [0.5, 0.6) is 0 Å². The third kappa shape index (κ3) is 6.31. The Bertz CT molecular complexity index is 197. The summed E-state index contributed by atoms with van der Waals surface area (Å²) in [6, 6.07) is 0. The first-order chi connectivity index (χ1) is 6.04. The van der Waals surface area contributed by atoms with Crippen LogP contribution in [0.15, 0.2) is 0 Å². The van der Waals surface area contributed by atoms with Crippen LogP contribution in [0.25, 0.3) is 0 Å². The van der Waals surface area contributed by atoms with Gasteiger partial charge >= 0.3 is 19.0 Å². The maximum atomic E-state index is 11.5. The average molecular weight is 232 g/mol. The minimum absolute atomic E-state index is 0.193. The molecule has 0 aromatic carbocycles. The van der Waals surface area contributed by atoms with Gasteiger partial charge in [-0.25, -0.2) is 0 Å². The molecule has 0 spiro atoms. The standard InChI is InChI=1S/C5H13O6PS/c1-3-9-12(6,10-4-2)5-11-13(7)8/h3-5H2,1-2H3,(H,7,8). The molecule has 8 heteroatoms. The summed E-state index contributed by atoms with van der Waals surface area (Å²) >= 11 is -2.45. The summed E-state index contributed by atoms with van der Waals surface area (Å²) in [5.74, 6) is 0. The second kappa shape index (κ2) is 6.64. The summed E-state index contributed by atoms with van der Waals surface area (Å²) in [4.78, 5) is 0. The highest BCUT2D eigenvalue weighted by atomic mass is 32.2. The van der Waals surface area contributed by atoms with Gasteiger partial charge < -0.3 is 9.05 Å². The van der Waals surface area contributed by atoms with E-state index in [0.717, 1.165) is 0 Å². The summed E-state index contributed by atoms with van der Waals surface area (Å²) in [6.45, 7) is 3.67. The molecule has 80 valence electrons. The van der Waals surface area contributed by atoms with E-state index in [1.165, 1.54) is 0 Å². The fraction of sp³-hybridized carbons (Fsp3) is 1.00. The van der Waals surface area contributed by atoms with Gasteiger partial charge in [0.25, 0.3) is 0 Å². The largest absolute Gasteiger partial charge is 0.357 e. The Morgan fingerprint density at radius 2 is 1.77 bits per heavy atom. The molecule has 0 rings (SSSR count). The molecule has 0 aromatic rings. The Hall–Kier alpha value is 0.220. The predicted molar refractivity (Wildman–Crippen MR) is 47.6 cm³/mol. The first kappa shape index (κ1) is 13.2. The summed E-state index contributed by atoms with van der Waals surface area (Å²) in [6.07, 6.45) is -0.516. The van der Waals surface area contributed by atoms with Gasteiger partial charge in [-0.15, -0.1) is 0 Å². The van der Waals surface area contributed by atoms with Crippen LogP contribution < -0.4 is 0 Å². The highest BCUT2D eigenvalue weighted by molar-refractivity contribution is 7.74. The van der Waals surface area contributed by atoms with E-state index in [9.17, 15) is 8.77 Å². The molecule has 0 heterocycles. The van der Waals surface area contributed by atoms with Gasteiger partial charge in [-0.2, -0.15) is 4.21 Å². The highest BCUT2D eigenvalue weighted by Gasteiger charge is 2.24. The van der Waals surface area contributed by atoms with Crippen LogP contribution in [-0.4, -0.2) is 28.3 Å². The van der Waals surface area contributed by atoms with Gasteiger partial charge in [-0.05, 0) is 13.8 Å². The molecule has 1 N–H and O–H groups in total. The van der Waals surface area contributed by atoms with Crippen molar-refractivity contribution in [1.29, 1.82) is 0 Å². The van der Waals surface area contributed by atoms with Crippen molar-refractivity contribution >= 4 is 19.0 Å². The van der Waals surface area contributed by atoms with Crippen LogP contribution in [0.4, 0.5) is 0 Å². The van der Waals surface area contributed by atoms with Gasteiger partial charge in [0.15, 0.2) is 6.35 Å². The molecular weight excluding hydrogens is 219 g/mol. The monoisotopic (exact) mass is 232 g/mol. The van der Waals surface area contributed by atoms with Gasteiger partial charge in [0.1, 0.15) is 0 Å². The molecule has 0 aliphatic rings. The Balaban J connectivity index is 4.07. The summed E-state index contributed by atoms with van der Waals surface area (Å²) in [5, 5.41) is 0. The Morgan fingerprint density at radius 3 is 2.08 bits per heavy atom. The molecule has 0 fully saturated rings. The first-order valence-corrected chi connectivity index (χ1v) is 6.42. The fourth-order valence-electron chi connectivity index (χ4n) is 0.615. The summed E-state index contributed by atoms with van der Waals surface area (Å²) in [7, 11) is -3.35. The SMILES string of the molecule is CCOP(=O)(COS(=O)O)OCC. The van der Waals surface area contributed by atoms with E-state index in [4.69, 9.17) is 13.6 Å². The third-order valence-corrected chi connectivity index (χ3v) is 3.21. The lowest BCUT2D eigenvalue weighted by atomic mass is 10.9. The van der Waals surface area contributed by atoms with Crippen molar-refractivity contribution in [3.05, 3.63) is 0 Å². The van der Waals surface area contributed by atoms with Crippen LogP contribution >= 0.6 is 7.60 Å². The van der Waals surface area contributed by atoms with E-state index >= 15 is 0 Å². The van der Waals surface area contributed by atoms with Gasteiger partial charge in [0.05, 0.1) is 13.2 Å². The van der Waals surface area contributed by atoms with E-state index < -0.39 is 25.3 Å². The topological polar surface area (TPSA) is 82.1 Å². The molecule has 0 aliphatic heterocycles. The molecule has 13 heavy (non-hydrogen) atoms. The van der Waals surface area contributed by atoms with Gasteiger partial charge in [-0.3, -0.25) is 13.3 Å². The van der Waals surface area contributed by atoms with Crippen molar-refractivity contribution in [2.75, 3.05) is 19.6 Å². The smallest absolute Gasteiger partial charge is 0.307 e. The number of hydrogen-bond acceptors (Lipinski definition) is 5. The summed E-state index contributed by atoms with van der Waals surface area (Å²) in [5.41, 5.74) is 0. The van der Waals surface area contributed by atoms with E-state index in [0.29, 0.717) is 0 Å². The van der Waals surface area contributed by atoms with Crippen molar-refractivity contribution in [1.82, 2.24) is 0 Å². The number of rotatable bonds is 7. The van der Waals surface area contributed by atoms with Gasteiger partial charge in [-0.1, -0.05) is 0 Å². The van der Waals surface area contributed by atoms with E-state index in [1.54, 1.807) is 13.8 Å². The second-order valence-corrected chi connectivity index (χ2v) is 4.58. The van der Waals surface area contributed by atoms with Crippen molar-refractivity contribution in [3.8, 4) is 0 Å². The molecule has 0 amide bonds. The van der Waals surface area contributed by atoms with Crippen molar-refractivity contribution in [3.63, 3.8) is 0 Å². The molecular formula is C5H13O6PS. The normalized spacial score (nSPS) is 14.4. The third-order valence-electron chi connectivity index (χ3n) is 0.963. The molecule has 0 aromatic heterocycles. The van der Waals surface area contributed by atoms with Crippen LogP contribution in [0.1, 0.15) is 13.8 Å². The highest BCUT2D eigenvalue weighted by Crippen LogP contribution is 2.47. The molecule has 1 unspecified atom stereocenters. The average Bonchev–Trinajstić information content (AvgIpc) is 2.02. The van der Waals surface area contributed by atoms with Crippen molar-refractivity contribution < 1.29 is 26.6 Å². The lowest BCUT2D eigenvalue weighted by Gasteiger charge is -2.15. The molecule has 0 saturated carbocycles. The lowest BCUT2D eigenvalue weighted by Crippen LogP contribution is -2.04. The maximum absolute atomic E-state index is 11.5. The first-order valence-electron chi connectivity index (χ1n) is 3.66. The van der Waals surface area contributed by atoms with Crippen molar-refractivity contribution in [2.24, 2.45) is 0 Å². The zero-order chi connectivity index (χ0) is 10.3. The zero-order valence-electron chi connectivity index (χ0n) is 7.47. The lowest BCUT2D eigenvalue weighted by molar-refractivity contribution is 0.197. The quantitative estimate of drug-likeness (QED) is 0.527. The molecule has 1 atom stereocenters. The zero-order valence-corrected chi connectivity index (χ0v) is 9.18. The van der Waals surface area contributed by atoms with Crippen LogP contribution in [-0.2, 0) is 29.2 Å². The van der Waals surface area contributed by atoms with Gasteiger partial charge in [0, 0.05) is 0 Å². The molecule has 0 aliphatic carbocycles. The Labute approximate surface area is 79.6 Å². The second-order valence-electron chi connectivity index (χ2n) is 1.91. The van der Waals surface area contributed by atoms with Crippen LogP contribution in [0.3, 0.4) is 0 Å². The minimum atomic E-state index is -3.35. The fourth-order valence-corrected chi connectivity index (χ4v) is 2.50. The van der Waals surface area contributed by atoms with Crippen molar-refractivity contribution in [2.45, 2.75) is 13.8 Å². The van der Waals surface area contributed by atoms with Crippen LogP contribution in [0.2, 0.25) is 0 Å². The molecule has 0 radical (unpaired) electrons. The van der Waals surface area contributed by atoms with Gasteiger partial charge in [0.2, 0.25) is 0 Å². The molecule has 6 nitrogen and oxygen atoms in total.